The summed E-state index contributed by atoms with van der Waals surface area (Å²) in [6.45, 7) is 7.16. The molecule has 1 aromatic rings. The van der Waals surface area contributed by atoms with Crippen LogP contribution in [0.1, 0.15) is 37.6 Å². The molecule has 0 saturated heterocycles. The van der Waals surface area contributed by atoms with E-state index in [1.54, 1.807) is 18.3 Å². The van der Waals surface area contributed by atoms with Gasteiger partial charge in [0.1, 0.15) is 11.4 Å². The van der Waals surface area contributed by atoms with Crippen molar-refractivity contribution in [2.24, 2.45) is 5.41 Å². The number of carbonyl (C=O) groups is 1. The first-order valence-corrected chi connectivity index (χ1v) is 5.32. The number of pyridine rings is 1. The highest BCUT2D eigenvalue weighted by Gasteiger charge is 2.12. The second-order valence-electron chi connectivity index (χ2n) is 4.94. The largest absolute Gasteiger partial charge is 0.478 e. The van der Waals surface area contributed by atoms with Gasteiger partial charge in [0.2, 0.25) is 0 Å². The van der Waals surface area contributed by atoms with Crippen LogP contribution in [0, 0.1) is 5.41 Å². The van der Waals surface area contributed by atoms with Crippen molar-refractivity contribution in [1.82, 2.24) is 4.98 Å². The average molecular weight is 222 g/mol. The molecule has 0 amide bonds. The number of carboxylic acids is 1. The fourth-order valence-corrected chi connectivity index (χ4v) is 1.27. The Kier molecular flexibility index (Phi) is 3.88. The van der Waals surface area contributed by atoms with E-state index in [1.165, 1.54) is 0 Å². The summed E-state index contributed by atoms with van der Waals surface area (Å²) in [5.74, 6) is -0.509. The highest BCUT2D eigenvalue weighted by atomic mass is 16.4. The molecule has 0 fully saturated rings. The lowest BCUT2D eigenvalue weighted by Gasteiger charge is -2.18. The van der Waals surface area contributed by atoms with Crippen LogP contribution in [0.4, 0.5) is 5.82 Å². The van der Waals surface area contributed by atoms with Gasteiger partial charge in [-0.2, -0.15) is 0 Å². The molecule has 0 aliphatic carbocycles. The summed E-state index contributed by atoms with van der Waals surface area (Å²) in [5, 5.41) is 12.0. The van der Waals surface area contributed by atoms with Crippen LogP contribution in [-0.2, 0) is 0 Å². The van der Waals surface area contributed by atoms with Gasteiger partial charge in [-0.05, 0) is 24.0 Å². The highest BCUT2D eigenvalue weighted by Crippen LogP contribution is 2.19. The molecule has 0 unspecified atom stereocenters. The van der Waals surface area contributed by atoms with Crippen LogP contribution in [-0.4, -0.2) is 22.6 Å². The minimum atomic E-state index is -0.952. The number of nitrogens with one attached hydrogen (secondary N) is 1. The second-order valence-corrected chi connectivity index (χ2v) is 4.94. The zero-order chi connectivity index (χ0) is 12.2. The maximum atomic E-state index is 10.9. The molecule has 0 aliphatic heterocycles. The van der Waals surface area contributed by atoms with Gasteiger partial charge >= 0.3 is 5.97 Å². The molecule has 16 heavy (non-hydrogen) atoms. The van der Waals surface area contributed by atoms with Gasteiger partial charge in [-0.3, -0.25) is 0 Å². The third-order valence-electron chi connectivity index (χ3n) is 2.21. The fourth-order valence-electron chi connectivity index (χ4n) is 1.27. The Morgan fingerprint density at radius 3 is 2.75 bits per heavy atom. The lowest BCUT2D eigenvalue weighted by Crippen LogP contribution is -2.15. The van der Waals surface area contributed by atoms with Crippen LogP contribution in [0.5, 0.6) is 0 Å². The molecular weight excluding hydrogens is 204 g/mol. The Morgan fingerprint density at radius 1 is 1.50 bits per heavy atom. The summed E-state index contributed by atoms with van der Waals surface area (Å²) >= 11 is 0. The molecule has 88 valence electrons. The molecule has 1 aromatic heterocycles. The molecule has 1 rings (SSSR count). The predicted molar refractivity (Wildman–Crippen MR) is 63.8 cm³/mol. The van der Waals surface area contributed by atoms with Gasteiger partial charge in [0.15, 0.2) is 0 Å². The summed E-state index contributed by atoms with van der Waals surface area (Å²) in [4.78, 5) is 14.9. The number of nitrogens with zero attached hydrogens (tertiary/aromatic N) is 1. The maximum absolute atomic E-state index is 10.9. The van der Waals surface area contributed by atoms with Crippen LogP contribution in [0.3, 0.4) is 0 Å². The molecule has 0 radical (unpaired) electrons. The first-order chi connectivity index (χ1) is 7.40. The first-order valence-electron chi connectivity index (χ1n) is 5.32. The maximum Gasteiger partial charge on any atom is 0.339 e. The fraction of sp³-hybridized carbons (Fsp3) is 0.500. The Bertz CT molecular complexity index is 370. The van der Waals surface area contributed by atoms with Gasteiger partial charge in [0.05, 0.1) is 0 Å². The second kappa shape index (κ2) is 4.96. The minimum Gasteiger partial charge on any atom is -0.478 e. The summed E-state index contributed by atoms with van der Waals surface area (Å²) in [6.07, 6.45) is 2.55. The number of rotatable bonds is 4. The lowest BCUT2D eigenvalue weighted by atomic mass is 9.92. The van der Waals surface area contributed by atoms with Crippen molar-refractivity contribution in [1.29, 1.82) is 0 Å². The molecule has 0 atom stereocenters. The van der Waals surface area contributed by atoms with Crippen molar-refractivity contribution < 1.29 is 9.90 Å². The molecule has 2 N–H and O–H groups in total. The van der Waals surface area contributed by atoms with Crippen molar-refractivity contribution >= 4 is 11.8 Å². The number of aromatic carboxylic acids is 1. The van der Waals surface area contributed by atoms with E-state index in [0.717, 1.165) is 13.0 Å². The van der Waals surface area contributed by atoms with Crippen molar-refractivity contribution in [3.63, 3.8) is 0 Å². The van der Waals surface area contributed by atoms with Crippen LogP contribution in [0.25, 0.3) is 0 Å². The van der Waals surface area contributed by atoms with Gasteiger partial charge in [0.25, 0.3) is 0 Å². The molecule has 0 bridgehead atoms. The molecular formula is C12H18N2O2. The summed E-state index contributed by atoms with van der Waals surface area (Å²) in [5.41, 5.74) is 0.446. The molecule has 0 aromatic carbocycles. The van der Waals surface area contributed by atoms with Crippen LogP contribution in [0.2, 0.25) is 0 Å². The monoisotopic (exact) mass is 222 g/mol. The van der Waals surface area contributed by atoms with Gasteiger partial charge in [-0.15, -0.1) is 0 Å². The van der Waals surface area contributed by atoms with Gasteiger partial charge in [0, 0.05) is 12.7 Å². The zero-order valence-corrected chi connectivity index (χ0v) is 9.95. The SMILES string of the molecule is CC(C)(C)CCNc1ncccc1C(=O)O. The molecule has 4 nitrogen and oxygen atoms in total. The Balaban J connectivity index is 2.64. The Hall–Kier alpha value is -1.58. The average Bonchev–Trinajstić information content (AvgIpc) is 2.16. The molecule has 0 saturated carbocycles. The summed E-state index contributed by atoms with van der Waals surface area (Å²) in [6, 6.07) is 3.17. The summed E-state index contributed by atoms with van der Waals surface area (Å²) in [7, 11) is 0. The van der Waals surface area contributed by atoms with E-state index >= 15 is 0 Å². The van der Waals surface area contributed by atoms with Crippen molar-refractivity contribution in [3.8, 4) is 0 Å². The standard InChI is InChI=1S/C12H18N2O2/c1-12(2,3)6-8-14-10-9(11(15)16)5-4-7-13-10/h4-5,7H,6,8H2,1-3H3,(H,13,14)(H,15,16). The van der Waals surface area contributed by atoms with Crippen molar-refractivity contribution in [2.45, 2.75) is 27.2 Å². The van der Waals surface area contributed by atoms with Gasteiger partial charge in [-0.25, -0.2) is 9.78 Å². The van der Waals surface area contributed by atoms with Crippen molar-refractivity contribution in [2.75, 3.05) is 11.9 Å². The van der Waals surface area contributed by atoms with Crippen LogP contribution >= 0.6 is 0 Å². The molecule has 1 heterocycles. The molecule has 0 spiro atoms. The molecule has 0 aliphatic rings. The van der Waals surface area contributed by atoms with Gasteiger partial charge < -0.3 is 10.4 Å². The number of aromatic nitrogens is 1. The minimum absolute atomic E-state index is 0.219. The first kappa shape index (κ1) is 12.5. The van der Waals surface area contributed by atoms with E-state index < -0.39 is 5.97 Å². The van der Waals surface area contributed by atoms with E-state index in [9.17, 15) is 4.79 Å². The summed E-state index contributed by atoms with van der Waals surface area (Å²) < 4.78 is 0. The van der Waals surface area contributed by atoms with Crippen LogP contribution < -0.4 is 5.32 Å². The molecule has 4 heteroatoms. The highest BCUT2D eigenvalue weighted by molar-refractivity contribution is 5.92. The zero-order valence-electron chi connectivity index (χ0n) is 9.95. The quantitative estimate of drug-likeness (QED) is 0.822. The number of anilines is 1. The number of carboxylic acid groups (broad SMARTS) is 1. The van der Waals surface area contributed by atoms with E-state index in [-0.39, 0.29) is 11.0 Å². The van der Waals surface area contributed by atoms with Gasteiger partial charge in [-0.1, -0.05) is 20.8 Å². The predicted octanol–water partition coefficient (Wildman–Crippen LogP) is 2.63. The van der Waals surface area contributed by atoms with E-state index in [2.05, 4.69) is 31.1 Å². The van der Waals surface area contributed by atoms with E-state index in [1.807, 2.05) is 0 Å². The van der Waals surface area contributed by atoms with E-state index in [4.69, 9.17) is 5.11 Å². The normalized spacial score (nSPS) is 11.2. The van der Waals surface area contributed by atoms with Crippen molar-refractivity contribution in [3.05, 3.63) is 23.9 Å². The van der Waals surface area contributed by atoms with Crippen LogP contribution in [0.15, 0.2) is 18.3 Å². The Morgan fingerprint density at radius 2 is 2.19 bits per heavy atom. The number of hydrogen-bond acceptors (Lipinski definition) is 3. The Labute approximate surface area is 95.7 Å². The smallest absolute Gasteiger partial charge is 0.339 e. The third-order valence-corrected chi connectivity index (χ3v) is 2.21. The lowest BCUT2D eigenvalue weighted by molar-refractivity contribution is 0.0697. The number of hydrogen-bond donors (Lipinski definition) is 2. The third kappa shape index (κ3) is 3.88. The topological polar surface area (TPSA) is 62.2 Å². The van der Waals surface area contributed by atoms with E-state index in [0.29, 0.717) is 5.82 Å².